The van der Waals surface area contributed by atoms with Crippen molar-refractivity contribution in [1.29, 1.82) is 0 Å². The van der Waals surface area contributed by atoms with Crippen molar-refractivity contribution in [1.82, 2.24) is 4.31 Å². The largest absolute Gasteiger partial charge is 0.398 e. The van der Waals surface area contributed by atoms with E-state index < -0.39 is 10.0 Å². The topological polar surface area (TPSA) is 83.6 Å². The van der Waals surface area contributed by atoms with Crippen molar-refractivity contribution in [2.24, 2.45) is 5.92 Å². The standard InChI is InChI=1S/C15H24N2O3S/c1-2-13-5-6-14(10-15(13)16)21(19,20)17-8-3-4-12(11-17)7-9-18/h5-6,10,12,18H,2-4,7-9,11,16H2,1H3. The molecular weight excluding hydrogens is 288 g/mol. The van der Waals surface area contributed by atoms with Gasteiger partial charge < -0.3 is 10.8 Å². The van der Waals surface area contributed by atoms with Gasteiger partial charge in [0.1, 0.15) is 0 Å². The third-order valence-electron chi connectivity index (χ3n) is 4.16. The van der Waals surface area contributed by atoms with Crippen LogP contribution in [0, 0.1) is 5.92 Å². The number of rotatable bonds is 5. The fourth-order valence-electron chi connectivity index (χ4n) is 2.87. The molecule has 3 N–H and O–H groups in total. The average Bonchev–Trinajstić information content (AvgIpc) is 2.48. The highest BCUT2D eigenvalue weighted by atomic mass is 32.2. The van der Waals surface area contributed by atoms with Gasteiger partial charge in [-0.1, -0.05) is 13.0 Å². The van der Waals surface area contributed by atoms with Gasteiger partial charge in [0, 0.05) is 25.4 Å². The fraction of sp³-hybridized carbons (Fsp3) is 0.600. The van der Waals surface area contributed by atoms with Crippen molar-refractivity contribution in [3.8, 4) is 0 Å². The molecule has 0 aromatic heterocycles. The molecule has 0 saturated carbocycles. The molecule has 5 nitrogen and oxygen atoms in total. The molecule has 0 bridgehead atoms. The van der Waals surface area contributed by atoms with Crippen LogP contribution < -0.4 is 5.73 Å². The van der Waals surface area contributed by atoms with E-state index in [9.17, 15) is 8.42 Å². The second-order valence-electron chi connectivity index (χ2n) is 5.60. The Balaban J connectivity index is 2.23. The van der Waals surface area contributed by atoms with Crippen LogP contribution in [0.5, 0.6) is 0 Å². The van der Waals surface area contributed by atoms with E-state index in [-0.39, 0.29) is 17.4 Å². The van der Waals surface area contributed by atoms with Gasteiger partial charge in [-0.25, -0.2) is 8.42 Å². The lowest BCUT2D eigenvalue weighted by atomic mass is 9.97. The quantitative estimate of drug-likeness (QED) is 0.809. The summed E-state index contributed by atoms with van der Waals surface area (Å²) in [4.78, 5) is 0.266. The van der Waals surface area contributed by atoms with Crippen LogP contribution in [0.4, 0.5) is 5.69 Å². The van der Waals surface area contributed by atoms with Crippen LogP contribution in [0.25, 0.3) is 0 Å². The fourth-order valence-corrected chi connectivity index (χ4v) is 4.46. The Morgan fingerprint density at radius 3 is 2.81 bits per heavy atom. The van der Waals surface area contributed by atoms with Crippen LogP contribution in [-0.4, -0.2) is 37.5 Å². The molecule has 1 aromatic rings. The van der Waals surface area contributed by atoms with E-state index in [0.29, 0.717) is 25.2 Å². The predicted molar refractivity (Wildman–Crippen MR) is 83.4 cm³/mol. The number of nitrogens with zero attached hydrogens (tertiary/aromatic N) is 1. The summed E-state index contributed by atoms with van der Waals surface area (Å²) in [6.45, 7) is 3.12. The number of benzene rings is 1. The maximum Gasteiger partial charge on any atom is 0.243 e. The molecule has 1 fully saturated rings. The van der Waals surface area contributed by atoms with Gasteiger partial charge in [-0.2, -0.15) is 4.31 Å². The van der Waals surface area contributed by atoms with Gasteiger partial charge in [0.25, 0.3) is 0 Å². The maximum absolute atomic E-state index is 12.7. The van der Waals surface area contributed by atoms with Crippen LogP contribution in [0.1, 0.15) is 31.7 Å². The normalized spacial score (nSPS) is 20.6. The number of aliphatic hydroxyl groups is 1. The van der Waals surface area contributed by atoms with Crippen molar-refractivity contribution in [3.05, 3.63) is 23.8 Å². The summed E-state index contributed by atoms with van der Waals surface area (Å²) in [5, 5.41) is 9.03. The van der Waals surface area contributed by atoms with Gasteiger partial charge in [0.2, 0.25) is 10.0 Å². The van der Waals surface area contributed by atoms with E-state index in [1.165, 1.54) is 4.31 Å². The number of hydrogen-bond acceptors (Lipinski definition) is 4. The van der Waals surface area contributed by atoms with Crippen LogP contribution in [-0.2, 0) is 16.4 Å². The van der Waals surface area contributed by atoms with Crippen molar-refractivity contribution in [2.45, 2.75) is 37.5 Å². The van der Waals surface area contributed by atoms with Gasteiger partial charge in [0.05, 0.1) is 4.90 Å². The smallest absolute Gasteiger partial charge is 0.243 e. The summed E-state index contributed by atoms with van der Waals surface area (Å²) >= 11 is 0. The number of nitrogens with two attached hydrogens (primary N) is 1. The van der Waals surface area contributed by atoms with E-state index in [1.807, 2.05) is 6.92 Å². The minimum atomic E-state index is -3.49. The molecule has 0 amide bonds. The summed E-state index contributed by atoms with van der Waals surface area (Å²) in [5.74, 6) is 0.241. The molecule has 2 rings (SSSR count). The highest BCUT2D eigenvalue weighted by Gasteiger charge is 2.30. The summed E-state index contributed by atoms with van der Waals surface area (Å²) in [7, 11) is -3.49. The first-order chi connectivity index (χ1) is 9.98. The predicted octanol–water partition coefficient (Wildman–Crippen LogP) is 1.61. The number of piperidine rings is 1. The van der Waals surface area contributed by atoms with Crippen LogP contribution in [0.2, 0.25) is 0 Å². The molecule has 1 aromatic carbocycles. The third kappa shape index (κ3) is 3.56. The van der Waals surface area contributed by atoms with Crippen LogP contribution in [0.15, 0.2) is 23.1 Å². The summed E-state index contributed by atoms with van der Waals surface area (Å²) in [5.41, 5.74) is 7.41. The molecule has 0 radical (unpaired) electrons. The average molecular weight is 312 g/mol. The molecule has 1 heterocycles. The molecule has 1 aliphatic heterocycles. The summed E-state index contributed by atoms with van der Waals surface area (Å²) in [6, 6.07) is 4.99. The lowest BCUT2D eigenvalue weighted by molar-refractivity contribution is 0.203. The van der Waals surface area contributed by atoms with Gasteiger partial charge in [-0.05, 0) is 49.3 Å². The maximum atomic E-state index is 12.7. The van der Waals surface area contributed by atoms with Crippen molar-refractivity contribution < 1.29 is 13.5 Å². The van der Waals surface area contributed by atoms with Gasteiger partial charge >= 0.3 is 0 Å². The number of sulfonamides is 1. The Labute approximate surface area is 126 Å². The Morgan fingerprint density at radius 2 is 2.19 bits per heavy atom. The first-order valence-corrected chi connectivity index (χ1v) is 8.92. The lowest BCUT2D eigenvalue weighted by Gasteiger charge is -2.31. The van der Waals surface area contributed by atoms with Crippen molar-refractivity contribution in [3.63, 3.8) is 0 Å². The number of aryl methyl sites for hydroxylation is 1. The molecular formula is C15H24N2O3S. The summed E-state index contributed by atoms with van der Waals surface area (Å²) < 4.78 is 26.9. The van der Waals surface area contributed by atoms with E-state index in [2.05, 4.69) is 0 Å². The van der Waals surface area contributed by atoms with Crippen molar-refractivity contribution in [2.75, 3.05) is 25.4 Å². The minimum Gasteiger partial charge on any atom is -0.398 e. The molecule has 118 valence electrons. The molecule has 1 aliphatic rings. The number of anilines is 1. The monoisotopic (exact) mass is 312 g/mol. The zero-order chi connectivity index (χ0) is 15.5. The second-order valence-corrected chi connectivity index (χ2v) is 7.54. The Bertz CT molecular complexity index is 585. The molecule has 1 atom stereocenters. The first-order valence-electron chi connectivity index (χ1n) is 7.48. The van der Waals surface area contributed by atoms with Gasteiger partial charge in [-0.15, -0.1) is 0 Å². The molecule has 1 saturated heterocycles. The Kier molecular flexibility index (Phi) is 5.24. The van der Waals surface area contributed by atoms with Crippen molar-refractivity contribution >= 4 is 15.7 Å². The van der Waals surface area contributed by atoms with E-state index in [4.69, 9.17) is 10.8 Å². The molecule has 0 aliphatic carbocycles. The SMILES string of the molecule is CCc1ccc(S(=O)(=O)N2CCCC(CCO)C2)cc1N. The number of nitrogen functional groups attached to an aromatic ring is 1. The first kappa shape index (κ1) is 16.3. The Hall–Kier alpha value is -1.11. The van der Waals surface area contributed by atoms with Gasteiger partial charge in [0.15, 0.2) is 0 Å². The van der Waals surface area contributed by atoms with E-state index in [1.54, 1.807) is 18.2 Å². The van der Waals surface area contributed by atoms with Crippen LogP contribution in [0.3, 0.4) is 0 Å². The van der Waals surface area contributed by atoms with Gasteiger partial charge in [-0.3, -0.25) is 0 Å². The third-order valence-corrected chi connectivity index (χ3v) is 6.02. The molecule has 21 heavy (non-hydrogen) atoms. The zero-order valence-electron chi connectivity index (χ0n) is 12.5. The highest BCUT2D eigenvalue weighted by Crippen LogP contribution is 2.27. The molecule has 0 spiro atoms. The Morgan fingerprint density at radius 1 is 1.43 bits per heavy atom. The molecule has 1 unspecified atom stereocenters. The summed E-state index contributed by atoms with van der Waals surface area (Å²) in [6.07, 6.45) is 3.26. The van der Waals surface area contributed by atoms with E-state index in [0.717, 1.165) is 24.8 Å². The zero-order valence-corrected chi connectivity index (χ0v) is 13.3. The second kappa shape index (κ2) is 6.77. The highest BCUT2D eigenvalue weighted by molar-refractivity contribution is 7.89. The van der Waals surface area contributed by atoms with E-state index >= 15 is 0 Å². The molecule has 6 heteroatoms. The number of hydrogen-bond donors (Lipinski definition) is 2. The van der Waals surface area contributed by atoms with Crippen LogP contribution >= 0.6 is 0 Å². The minimum absolute atomic E-state index is 0.108. The lowest BCUT2D eigenvalue weighted by Crippen LogP contribution is -2.40. The number of aliphatic hydroxyl groups excluding tert-OH is 1.